The first-order valence-corrected chi connectivity index (χ1v) is 8.20. The first-order valence-electron chi connectivity index (χ1n) is 7.22. The van der Waals surface area contributed by atoms with Gasteiger partial charge in [-0.15, -0.1) is 0 Å². The molecule has 4 atom stereocenters. The van der Waals surface area contributed by atoms with Gasteiger partial charge in [0.15, 0.2) is 22.8 Å². The van der Waals surface area contributed by atoms with E-state index in [0.29, 0.717) is 16.9 Å². The van der Waals surface area contributed by atoms with Gasteiger partial charge in [-0.05, 0) is 0 Å². The highest BCUT2D eigenvalue weighted by atomic mass is 32.2. The van der Waals surface area contributed by atoms with E-state index in [-0.39, 0.29) is 5.82 Å². The maximum Gasteiger partial charge on any atom is 0.167 e. The highest BCUT2D eigenvalue weighted by molar-refractivity contribution is 7.99. The van der Waals surface area contributed by atoms with E-state index < -0.39 is 24.5 Å². The van der Waals surface area contributed by atoms with Crippen LogP contribution in [0.3, 0.4) is 0 Å². The average molecular weight is 349 g/mol. The number of nitrogens with zero attached hydrogens (tertiary/aromatic N) is 5. The molecule has 1 saturated heterocycles. The van der Waals surface area contributed by atoms with E-state index >= 15 is 0 Å². The Morgan fingerprint density at radius 3 is 2.92 bits per heavy atom. The van der Waals surface area contributed by atoms with Crippen LogP contribution in [0.25, 0.3) is 11.2 Å². The number of nitrogens with one attached hydrogen (secondary N) is 1. The van der Waals surface area contributed by atoms with Crippen molar-refractivity contribution in [2.75, 3.05) is 11.5 Å². The number of rotatable bonds is 4. The van der Waals surface area contributed by atoms with Gasteiger partial charge in [0.2, 0.25) is 0 Å². The number of aromatic amines is 1. The van der Waals surface area contributed by atoms with Crippen molar-refractivity contribution in [2.45, 2.75) is 29.7 Å². The zero-order valence-electron chi connectivity index (χ0n) is 12.4. The number of nitrogens with two attached hydrogens (primary N) is 1. The van der Waals surface area contributed by atoms with Gasteiger partial charge in [0.05, 0.1) is 12.4 Å². The second kappa shape index (κ2) is 6.02. The largest absolute Gasteiger partial charge is 0.387 e. The van der Waals surface area contributed by atoms with Crippen LogP contribution in [0.15, 0.2) is 30.2 Å². The zero-order chi connectivity index (χ0) is 16.7. The molecule has 0 spiro atoms. The average Bonchev–Trinajstić information content (AvgIpc) is 3.28. The molecular weight excluding hydrogens is 334 g/mol. The predicted octanol–water partition coefficient (Wildman–Crippen LogP) is -0.457. The van der Waals surface area contributed by atoms with E-state index in [1.165, 1.54) is 24.4 Å². The van der Waals surface area contributed by atoms with Crippen LogP contribution in [0.5, 0.6) is 0 Å². The Labute approximate surface area is 140 Å². The standard InChI is InChI=1S/C13H15N7O3S/c14-10-7-11(18-4-17-10)20(5-19-7)12-9(22)8(21)6(23-12)3-24-13-15-1-2-16-13/h1-2,4-6,8-9,12,21-22H,3H2,(H,15,16)(H2,14,17,18)/t6-,8-,9+,12-/m0/s1. The third kappa shape index (κ3) is 2.51. The lowest BCUT2D eigenvalue weighted by atomic mass is 10.1. The Balaban J connectivity index is 1.56. The van der Waals surface area contributed by atoms with E-state index in [1.807, 2.05) is 0 Å². The van der Waals surface area contributed by atoms with E-state index in [0.717, 1.165) is 5.16 Å². The summed E-state index contributed by atoms with van der Waals surface area (Å²) in [5.74, 6) is 0.683. The van der Waals surface area contributed by atoms with Crippen molar-refractivity contribution in [1.82, 2.24) is 29.5 Å². The number of nitrogen functional groups attached to an aromatic ring is 1. The van der Waals surface area contributed by atoms with Crippen LogP contribution in [-0.2, 0) is 4.74 Å². The van der Waals surface area contributed by atoms with Gasteiger partial charge in [0.25, 0.3) is 0 Å². The van der Waals surface area contributed by atoms with Crippen molar-refractivity contribution in [3.63, 3.8) is 0 Å². The number of aliphatic hydroxyl groups excluding tert-OH is 2. The summed E-state index contributed by atoms with van der Waals surface area (Å²) >= 11 is 1.40. The minimum Gasteiger partial charge on any atom is -0.387 e. The van der Waals surface area contributed by atoms with Crippen LogP contribution >= 0.6 is 11.8 Å². The molecular formula is C13H15N7O3S. The lowest BCUT2D eigenvalue weighted by molar-refractivity contribution is -0.0289. The number of imidazole rings is 2. The van der Waals surface area contributed by atoms with Crippen molar-refractivity contribution >= 4 is 28.7 Å². The Morgan fingerprint density at radius 1 is 1.25 bits per heavy atom. The number of aliphatic hydroxyl groups is 2. The molecule has 1 aliphatic rings. The molecule has 0 amide bonds. The van der Waals surface area contributed by atoms with Crippen molar-refractivity contribution in [3.8, 4) is 0 Å². The molecule has 3 aromatic heterocycles. The van der Waals surface area contributed by atoms with Crippen molar-refractivity contribution in [1.29, 1.82) is 0 Å². The molecule has 0 bridgehead atoms. The van der Waals surface area contributed by atoms with Crippen molar-refractivity contribution < 1.29 is 14.9 Å². The van der Waals surface area contributed by atoms with Gasteiger partial charge in [-0.3, -0.25) is 4.57 Å². The van der Waals surface area contributed by atoms with Crippen LogP contribution in [-0.4, -0.2) is 63.8 Å². The molecule has 10 nitrogen and oxygen atoms in total. The Morgan fingerprint density at radius 2 is 2.12 bits per heavy atom. The number of thioether (sulfide) groups is 1. The first kappa shape index (κ1) is 15.3. The normalized spacial score (nSPS) is 27.1. The molecule has 126 valence electrons. The van der Waals surface area contributed by atoms with E-state index in [2.05, 4.69) is 24.9 Å². The number of hydrogen-bond acceptors (Lipinski definition) is 9. The minimum absolute atomic E-state index is 0.247. The molecule has 0 radical (unpaired) electrons. The van der Waals surface area contributed by atoms with Gasteiger partial charge in [-0.1, -0.05) is 11.8 Å². The fourth-order valence-corrected chi connectivity index (χ4v) is 3.53. The van der Waals surface area contributed by atoms with Crippen LogP contribution in [0.2, 0.25) is 0 Å². The maximum atomic E-state index is 10.4. The second-order valence-electron chi connectivity index (χ2n) is 5.33. The number of aromatic nitrogens is 6. The van der Waals surface area contributed by atoms with E-state index in [9.17, 15) is 10.2 Å². The zero-order valence-corrected chi connectivity index (χ0v) is 13.2. The smallest absolute Gasteiger partial charge is 0.167 e. The topological polar surface area (TPSA) is 148 Å². The summed E-state index contributed by atoms with van der Waals surface area (Å²) in [4.78, 5) is 19.2. The Hall–Kier alpha value is -2.21. The molecule has 24 heavy (non-hydrogen) atoms. The predicted molar refractivity (Wildman–Crippen MR) is 85.0 cm³/mol. The molecule has 5 N–H and O–H groups in total. The van der Waals surface area contributed by atoms with Crippen LogP contribution < -0.4 is 5.73 Å². The molecule has 1 aliphatic heterocycles. The van der Waals surface area contributed by atoms with Crippen LogP contribution in [0.4, 0.5) is 5.82 Å². The van der Waals surface area contributed by atoms with Gasteiger partial charge in [0, 0.05) is 18.1 Å². The van der Waals surface area contributed by atoms with Crippen LogP contribution in [0.1, 0.15) is 6.23 Å². The molecule has 0 saturated carbocycles. The molecule has 11 heteroatoms. The third-order valence-corrected chi connectivity index (χ3v) is 4.85. The fraction of sp³-hybridized carbons (Fsp3) is 0.385. The van der Waals surface area contributed by atoms with Crippen molar-refractivity contribution in [3.05, 3.63) is 25.0 Å². The van der Waals surface area contributed by atoms with Gasteiger partial charge in [0.1, 0.15) is 24.1 Å². The lowest BCUT2D eigenvalue weighted by Crippen LogP contribution is -2.32. The first-order chi connectivity index (χ1) is 11.6. The Bertz CT molecular complexity index is 839. The fourth-order valence-electron chi connectivity index (χ4n) is 2.64. The molecule has 0 aliphatic carbocycles. The summed E-state index contributed by atoms with van der Waals surface area (Å²) in [6.07, 6.45) is 2.64. The van der Waals surface area contributed by atoms with Gasteiger partial charge in [-0.2, -0.15) is 0 Å². The molecule has 4 rings (SSSR count). The molecule has 0 unspecified atom stereocenters. The molecule has 3 aromatic rings. The summed E-state index contributed by atoms with van der Waals surface area (Å²) in [6.45, 7) is 0. The SMILES string of the molecule is Nc1ncnc2c1ncn2[C@H]1O[C@@H](CSc2ncc[nH]2)[C@H](O)[C@H]1O. The highest BCUT2D eigenvalue weighted by Gasteiger charge is 2.44. The molecule has 4 heterocycles. The van der Waals surface area contributed by atoms with Gasteiger partial charge in [-0.25, -0.2) is 19.9 Å². The van der Waals surface area contributed by atoms with Gasteiger partial charge < -0.3 is 25.7 Å². The quantitative estimate of drug-likeness (QED) is 0.459. The Kier molecular flexibility index (Phi) is 3.84. The highest BCUT2D eigenvalue weighted by Crippen LogP contribution is 2.33. The summed E-state index contributed by atoms with van der Waals surface area (Å²) in [5, 5.41) is 21.3. The number of ether oxygens (including phenoxy) is 1. The molecule has 0 aromatic carbocycles. The summed E-state index contributed by atoms with van der Waals surface area (Å²) in [5.41, 5.74) is 6.64. The molecule has 1 fully saturated rings. The number of anilines is 1. The van der Waals surface area contributed by atoms with E-state index in [1.54, 1.807) is 17.0 Å². The van der Waals surface area contributed by atoms with Crippen molar-refractivity contribution in [2.24, 2.45) is 0 Å². The number of H-pyrrole nitrogens is 1. The monoisotopic (exact) mass is 349 g/mol. The second-order valence-corrected chi connectivity index (χ2v) is 6.34. The van der Waals surface area contributed by atoms with Gasteiger partial charge >= 0.3 is 0 Å². The minimum atomic E-state index is -1.11. The third-order valence-electron chi connectivity index (χ3n) is 3.86. The summed E-state index contributed by atoms with van der Waals surface area (Å²) in [6, 6.07) is 0. The lowest BCUT2D eigenvalue weighted by Gasteiger charge is -2.16. The number of hydrogen-bond donors (Lipinski definition) is 4. The number of fused-ring (bicyclic) bond motifs is 1. The van der Waals surface area contributed by atoms with E-state index in [4.69, 9.17) is 10.5 Å². The summed E-state index contributed by atoms with van der Waals surface area (Å²) in [7, 11) is 0. The van der Waals surface area contributed by atoms with Crippen LogP contribution in [0, 0.1) is 0 Å². The maximum absolute atomic E-state index is 10.4. The summed E-state index contributed by atoms with van der Waals surface area (Å²) < 4.78 is 7.39.